The maximum atomic E-state index is 13.5. The van der Waals surface area contributed by atoms with E-state index in [1.54, 1.807) is 17.0 Å². The number of piperidine rings is 1. The molecule has 1 aliphatic rings. The molecule has 0 N–H and O–H groups in total. The Bertz CT molecular complexity index is 651. The molecular formula is C19H20FNO2. The molecule has 1 fully saturated rings. The van der Waals surface area contributed by atoms with E-state index in [2.05, 4.69) is 24.3 Å². The summed E-state index contributed by atoms with van der Waals surface area (Å²) in [4.78, 5) is 14.0. The molecule has 3 nitrogen and oxygen atoms in total. The zero-order valence-electron chi connectivity index (χ0n) is 13.0. The number of ether oxygens (including phenoxy) is 1. The Kier molecular flexibility index (Phi) is 4.91. The van der Waals surface area contributed by atoms with Gasteiger partial charge in [-0.25, -0.2) is 4.39 Å². The minimum absolute atomic E-state index is 0.0836. The van der Waals surface area contributed by atoms with Gasteiger partial charge in [0.05, 0.1) is 0 Å². The van der Waals surface area contributed by atoms with E-state index >= 15 is 0 Å². The van der Waals surface area contributed by atoms with Crippen molar-refractivity contribution in [2.45, 2.75) is 18.8 Å². The van der Waals surface area contributed by atoms with Crippen LogP contribution in [0.3, 0.4) is 0 Å². The number of hydrogen-bond acceptors (Lipinski definition) is 2. The van der Waals surface area contributed by atoms with Gasteiger partial charge in [-0.3, -0.25) is 4.79 Å². The number of carbonyl (C=O) groups excluding carboxylic acids is 1. The van der Waals surface area contributed by atoms with E-state index in [1.165, 1.54) is 17.7 Å². The van der Waals surface area contributed by atoms with E-state index in [0.29, 0.717) is 5.92 Å². The Morgan fingerprint density at radius 1 is 1.04 bits per heavy atom. The highest BCUT2D eigenvalue weighted by atomic mass is 19.1. The summed E-state index contributed by atoms with van der Waals surface area (Å²) in [5, 5.41) is 0. The van der Waals surface area contributed by atoms with E-state index in [1.807, 2.05) is 6.07 Å². The smallest absolute Gasteiger partial charge is 0.260 e. The predicted molar refractivity (Wildman–Crippen MR) is 86.9 cm³/mol. The maximum absolute atomic E-state index is 13.5. The molecule has 2 aromatic rings. The Labute approximate surface area is 135 Å². The van der Waals surface area contributed by atoms with Crippen LogP contribution in [0.25, 0.3) is 0 Å². The summed E-state index contributed by atoms with van der Waals surface area (Å²) in [5.41, 5.74) is 1.34. The average Bonchev–Trinajstić information content (AvgIpc) is 2.62. The number of nitrogens with zero attached hydrogens (tertiary/aromatic N) is 1. The molecule has 0 spiro atoms. The van der Waals surface area contributed by atoms with Gasteiger partial charge in [-0.05, 0) is 36.5 Å². The van der Waals surface area contributed by atoms with Crippen LogP contribution in [0.2, 0.25) is 0 Å². The number of amides is 1. The molecule has 4 heteroatoms. The standard InChI is InChI=1S/C19H20FNO2/c20-17-8-4-5-9-18(17)23-14-19(22)21-12-10-16(11-13-21)15-6-2-1-3-7-15/h1-9,16H,10-14H2. The normalized spacial score (nSPS) is 15.4. The summed E-state index contributed by atoms with van der Waals surface area (Å²) in [6.45, 7) is 1.33. The third-order valence-corrected chi connectivity index (χ3v) is 4.31. The summed E-state index contributed by atoms with van der Waals surface area (Å²) in [7, 11) is 0. The lowest BCUT2D eigenvalue weighted by Crippen LogP contribution is -2.40. The third-order valence-electron chi connectivity index (χ3n) is 4.31. The van der Waals surface area contributed by atoms with E-state index in [-0.39, 0.29) is 18.3 Å². The molecule has 23 heavy (non-hydrogen) atoms. The molecule has 3 rings (SSSR count). The first kappa shape index (κ1) is 15.5. The van der Waals surface area contributed by atoms with E-state index in [4.69, 9.17) is 4.74 Å². The highest BCUT2D eigenvalue weighted by Gasteiger charge is 2.24. The van der Waals surface area contributed by atoms with Gasteiger partial charge in [0.2, 0.25) is 0 Å². The number of benzene rings is 2. The average molecular weight is 313 g/mol. The zero-order valence-corrected chi connectivity index (χ0v) is 13.0. The molecule has 0 bridgehead atoms. The number of rotatable bonds is 4. The number of carbonyl (C=O) groups is 1. The number of hydrogen-bond donors (Lipinski definition) is 0. The molecular weight excluding hydrogens is 293 g/mol. The largest absolute Gasteiger partial charge is 0.481 e. The summed E-state index contributed by atoms with van der Waals surface area (Å²) in [5.74, 6) is 0.107. The minimum Gasteiger partial charge on any atom is -0.481 e. The molecule has 1 aliphatic heterocycles. The second-order valence-electron chi connectivity index (χ2n) is 5.78. The molecule has 1 heterocycles. The minimum atomic E-state index is -0.442. The fourth-order valence-electron chi connectivity index (χ4n) is 2.98. The van der Waals surface area contributed by atoms with Crippen molar-refractivity contribution in [3.8, 4) is 5.75 Å². The Morgan fingerprint density at radius 2 is 1.70 bits per heavy atom. The van der Waals surface area contributed by atoms with Gasteiger partial charge in [-0.1, -0.05) is 42.5 Å². The van der Waals surface area contributed by atoms with Crippen LogP contribution < -0.4 is 4.74 Å². The lowest BCUT2D eigenvalue weighted by atomic mass is 9.89. The van der Waals surface area contributed by atoms with Gasteiger partial charge in [-0.15, -0.1) is 0 Å². The molecule has 1 saturated heterocycles. The number of halogens is 1. The molecule has 0 saturated carbocycles. The van der Waals surface area contributed by atoms with Gasteiger partial charge in [0.15, 0.2) is 18.2 Å². The van der Waals surface area contributed by atoms with Crippen molar-refractivity contribution in [3.63, 3.8) is 0 Å². The van der Waals surface area contributed by atoms with Crippen LogP contribution in [0.15, 0.2) is 54.6 Å². The molecule has 0 aromatic heterocycles. The van der Waals surface area contributed by atoms with Gasteiger partial charge in [0, 0.05) is 13.1 Å². The van der Waals surface area contributed by atoms with Crippen LogP contribution in [-0.4, -0.2) is 30.5 Å². The zero-order chi connectivity index (χ0) is 16.1. The van der Waals surface area contributed by atoms with Crippen LogP contribution in [0.1, 0.15) is 24.3 Å². The molecule has 1 amide bonds. The topological polar surface area (TPSA) is 29.5 Å². The Balaban J connectivity index is 1.50. The number of para-hydroxylation sites is 1. The highest BCUT2D eigenvalue weighted by molar-refractivity contribution is 5.77. The van der Waals surface area contributed by atoms with Crippen LogP contribution in [-0.2, 0) is 4.79 Å². The molecule has 0 unspecified atom stereocenters. The van der Waals surface area contributed by atoms with Crippen molar-refractivity contribution < 1.29 is 13.9 Å². The van der Waals surface area contributed by atoms with Crippen LogP contribution in [0.5, 0.6) is 5.75 Å². The monoisotopic (exact) mass is 313 g/mol. The SMILES string of the molecule is O=C(COc1ccccc1F)N1CCC(c2ccccc2)CC1. The molecule has 0 atom stereocenters. The quantitative estimate of drug-likeness (QED) is 0.863. The van der Waals surface area contributed by atoms with Gasteiger partial charge < -0.3 is 9.64 Å². The predicted octanol–water partition coefficient (Wildman–Crippen LogP) is 3.61. The third kappa shape index (κ3) is 3.89. The molecule has 120 valence electrons. The molecule has 0 aliphatic carbocycles. The van der Waals surface area contributed by atoms with Gasteiger partial charge >= 0.3 is 0 Å². The lowest BCUT2D eigenvalue weighted by Gasteiger charge is -2.32. The van der Waals surface area contributed by atoms with Crippen molar-refractivity contribution in [3.05, 3.63) is 66.0 Å². The van der Waals surface area contributed by atoms with E-state index in [9.17, 15) is 9.18 Å². The summed E-state index contributed by atoms with van der Waals surface area (Å²) in [6.07, 6.45) is 1.91. The van der Waals surface area contributed by atoms with Crippen molar-refractivity contribution in [1.82, 2.24) is 4.90 Å². The van der Waals surface area contributed by atoms with Crippen molar-refractivity contribution in [1.29, 1.82) is 0 Å². The first-order valence-electron chi connectivity index (χ1n) is 7.94. The van der Waals surface area contributed by atoms with E-state index < -0.39 is 5.82 Å². The fraction of sp³-hybridized carbons (Fsp3) is 0.316. The van der Waals surface area contributed by atoms with Crippen molar-refractivity contribution in [2.24, 2.45) is 0 Å². The second kappa shape index (κ2) is 7.27. The van der Waals surface area contributed by atoms with Crippen LogP contribution in [0, 0.1) is 5.82 Å². The highest BCUT2D eigenvalue weighted by Crippen LogP contribution is 2.27. The van der Waals surface area contributed by atoms with Crippen molar-refractivity contribution >= 4 is 5.91 Å². The summed E-state index contributed by atoms with van der Waals surface area (Å²) in [6, 6.07) is 16.5. The Hall–Kier alpha value is -2.36. The van der Waals surface area contributed by atoms with Gasteiger partial charge in [0.25, 0.3) is 5.91 Å². The second-order valence-corrected chi connectivity index (χ2v) is 5.78. The van der Waals surface area contributed by atoms with Crippen LogP contribution >= 0.6 is 0 Å². The first-order chi connectivity index (χ1) is 11.2. The summed E-state index contributed by atoms with van der Waals surface area (Å²) < 4.78 is 18.8. The fourth-order valence-corrected chi connectivity index (χ4v) is 2.98. The van der Waals surface area contributed by atoms with Crippen molar-refractivity contribution in [2.75, 3.05) is 19.7 Å². The molecule has 2 aromatic carbocycles. The van der Waals surface area contributed by atoms with Gasteiger partial charge in [0.1, 0.15) is 0 Å². The van der Waals surface area contributed by atoms with E-state index in [0.717, 1.165) is 25.9 Å². The number of likely N-dealkylation sites (tertiary alicyclic amines) is 1. The lowest BCUT2D eigenvalue weighted by molar-refractivity contribution is -0.134. The first-order valence-corrected chi connectivity index (χ1v) is 7.94. The molecule has 0 radical (unpaired) electrons. The van der Waals surface area contributed by atoms with Gasteiger partial charge in [-0.2, -0.15) is 0 Å². The summed E-state index contributed by atoms with van der Waals surface area (Å²) >= 11 is 0. The maximum Gasteiger partial charge on any atom is 0.260 e. The van der Waals surface area contributed by atoms with Crippen LogP contribution in [0.4, 0.5) is 4.39 Å². The Morgan fingerprint density at radius 3 is 2.39 bits per heavy atom.